The molecule has 0 fully saturated rings. The van der Waals surface area contributed by atoms with Crippen molar-refractivity contribution in [1.82, 2.24) is 5.32 Å². The minimum absolute atomic E-state index is 0.406. The molecular formula is C8H16N2O3. The Balaban J connectivity index is 3.92. The summed E-state index contributed by atoms with van der Waals surface area (Å²) in [7, 11) is 0. The van der Waals surface area contributed by atoms with Gasteiger partial charge in [0.25, 0.3) is 0 Å². The molecule has 2 atom stereocenters. The van der Waals surface area contributed by atoms with E-state index in [0.29, 0.717) is 6.42 Å². The predicted molar refractivity (Wildman–Crippen MR) is 48.1 cm³/mol. The van der Waals surface area contributed by atoms with Gasteiger partial charge in [0.15, 0.2) is 0 Å². The molecule has 0 spiro atoms. The second-order valence-electron chi connectivity index (χ2n) is 2.96. The van der Waals surface area contributed by atoms with E-state index in [1.807, 2.05) is 6.92 Å². The molecule has 4 N–H and O–H groups in total. The van der Waals surface area contributed by atoms with Crippen molar-refractivity contribution in [3.63, 3.8) is 0 Å². The molecule has 0 aliphatic carbocycles. The zero-order valence-corrected chi connectivity index (χ0v) is 7.91. The summed E-state index contributed by atoms with van der Waals surface area (Å²) in [6.45, 7) is 3.31. The highest BCUT2D eigenvalue weighted by atomic mass is 16.4. The number of amides is 1. The van der Waals surface area contributed by atoms with Crippen LogP contribution in [0.1, 0.15) is 26.7 Å². The molecule has 0 unspecified atom stereocenters. The van der Waals surface area contributed by atoms with Crippen molar-refractivity contribution in [3.8, 4) is 0 Å². The lowest BCUT2D eigenvalue weighted by Gasteiger charge is -2.13. The Morgan fingerprint density at radius 2 is 2.08 bits per heavy atom. The van der Waals surface area contributed by atoms with Crippen LogP contribution in [0.4, 0.5) is 0 Å². The molecule has 0 aromatic carbocycles. The summed E-state index contributed by atoms with van der Waals surface area (Å²) >= 11 is 0. The SMILES string of the molecule is CCC[C@@H](N)C(=O)N[C@H](C)C(=O)O. The number of carbonyl (C=O) groups excluding carboxylic acids is 1. The second-order valence-corrected chi connectivity index (χ2v) is 2.96. The Hall–Kier alpha value is -1.10. The third-order valence-corrected chi connectivity index (χ3v) is 1.67. The molecule has 0 aliphatic rings. The number of carboxylic acid groups (broad SMARTS) is 1. The summed E-state index contributed by atoms with van der Waals surface area (Å²) in [6.07, 6.45) is 1.37. The highest BCUT2D eigenvalue weighted by Crippen LogP contribution is 1.93. The van der Waals surface area contributed by atoms with Crippen LogP contribution in [0.15, 0.2) is 0 Å². The normalized spacial score (nSPS) is 14.7. The average molecular weight is 188 g/mol. The summed E-state index contributed by atoms with van der Waals surface area (Å²) in [6, 6.07) is -1.48. The molecule has 13 heavy (non-hydrogen) atoms. The van der Waals surface area contributed by atoms with Gasteiger partial charge in [0.05, 0.1) is 6.04 Å². The van der Waals surface area contributed by atoms with Gasteiger partial charge in [-0.15, -0.1) is 0 Å². The van der Waals surface area contributed by atoms with Crippen molar-refractivity contribution in [1.29, 1.82) is 0 Å². The van der Waals surface area contributed by atoms with Crippen LogP contribution in [0.25, 0.3) is 0 Å². The first-order valence-corrected chi connectivity index (χ1v) is 4.27. The lowest BCUT2D eigenvalue weighted by atomic mass is 10.1. The van der Waals surface area contributed by atoms with Crippen LogP contribution < -0.4 is 11.1 Å². The van der Waals surface area contributed by atoms with Crippen LogP contribution in [0.5, 0.6) is 0 Å². The fraction of sp³-hybridized carbons (Fsp3) is 0.750. The van der Waals surface area contributed by atoms with Crippen LogP contribution >= 0.6 is 0 Å². The summed E-state index contributed by atoms with van der Waals surface area (Å²) in [5.74, 6) is -1.46. The topological polar surface area (TPSA) is 92.4 Å². The molecule has 0 aromatic heterocycles. The van der Waals surface area contributed by atoms with Gasteiger partial charge in [-0.05, 0) is 13.3 Å². The Bertz CT molecular complexity index is 194. The molecule has 5 heteroatoms. The van der Waals surface area contributed by atoms with Crippen molar-refractivity contribution in [2.75, 3.05) is 0 Å². The molecule has 0 bridgehead atoms. The van der Waals surface area contributed by atoms with Crippen LogP contribution in [-0.4, -0.2) is 29.1 Å². The summed E-state index contributed by atoms with van der Waals surface area (Å²) < 4.78 is 0. The smallest absolute Gasteiger partial charge is 0.325 e. The summed E-state index contributed by atoms with van der Waals surface area (Å²) in [5.41, 5.74) is 5.47. The Morgan fingerprint density at radius 1 is 1.54 bits per heavy atom. The fourth-order valence-electron chi connectivity index (χ4n) is 0.824. The zero-order chi connectivity index (χ0) is 10.4. The van der Waals surface area contributed by atoms with E-state index in [9.17, 15) is 9.59 Å². The van der Waals surface area contributed by atoms with Crippen LogP contribution in [0.3, 0.4) is 0 Å². The van der Waals surface area contributed by atoms with Crippen molar-refractivity contribution < 1.29 is 14.7 Å². The fourth-order valence-corrected chi connectivity index (χ4v) is 0.824. The molecule has 0 radical (unpaired) electrons. The predicted octanol–water partition coefficient (Wildman–Crippen LogP) is -0.297. The Morgan fingerprint density at radius 3 is 2.46 bits per heavy atom. The zero-order valence-electron chi connectivity index (χ0n) is 7.91. The lowest BCUT2D eigenvalue weighted by Crippen LogP contribution is -2.47. The number of hydrogen-bond donors (Lipinski definition) is 3. The first-order chi connectivity index (χ1) is 5.99. The lowest BCUT2D eigenvalue weighted by molar-refractivity contribution is -0.141. The van der Waals surface area contributed by atoms with Crippen molar-refractivity contribution >= 4 is 11.9 Å². The van der Waals surface area contributed by atoms with Crippen molar-refractivity contribution in [2.45, 2.75) is 38.8 Å². The molecule has 0 saturated heterocycles. The summed E-state index contributed by atoms with van der Waals surface area (Å²) in [5, 5.41) is 10.8. The first kappa shape index (κ1) is 11.9. The molecule has 1 amide bonds. The molecule has 0 aliphatic heterocycles. The van der Waals surface area contributed by atoms with Gasteiger partial charge >= 0.3 is 5.97 Å². The maximum Gasteiger partial charge on any atom is 0.325 e. The van der Waals surface area contributed by atoms with E-state index in [0.717, 1.165) is 6.42 Å². The maximum atomic E-state index is 11.1. The van der Waals surface area contributed by atoms with E-state index in [1.165, 1.54) is 6.92 Å². The second kappa shape index (κ2) is 5.53. The van der Waals surface area contributed by atoms with Crippen LogP contribution in [-0.2, 0) is 9.59 Å². The number of nitrogens with one attached hydrogen (secondary N) is 1. The molecule has 76 valence electrons. The van der Waals surface area contributed by atoms with E-state index in [4.69, 9.17) is 10.8 Å². The number of rotatable bonds is 5. The maximum absolute atomic E-state index is 11.1. The van der Waals surface area contributed by atoms with Gasteiger partial charge in [-0.25, -0.2) is 0 Å². The minimum atomic E-state index is -1.06. The molecule has 0 saturated carbocycles. The van der Waals surface area contributed by atoms with E-state index >= 15 is 0 Å². The van der Waals surface area contributed by atoms with E-state index in [2.05, 4.69) is 5.32 Å². The number of nitrogens with two attached hydrogens (primary N) is 1. The van der Waals surface area contributed by atoms with Gasteiger partial charge in [-0.2, -0.15) is 0 Å². The van der Waals surface area contributed by atoms with Gasteiger partial charge in [0.2, 0.25) is 5.91 Å². The van der Waals surface area contributed by atoms with Gasteiger partial charge in [-0.3, -0.25) is 9.59 Å². The largest absolute Gasteiger partial charge is 0.480 e. The molecular weight excluding hydrogens is 172 g/mol. The summed E-state index contributed by atoms with van der Waals surface area (Å²) in [4.78, 5) is 21.5. The van der Waals surface area contributed by atoms with Gasteiger partial charge < -0.3 is 16.2 Å². The molecule has 0 rings (SSSR count). The van der Waals surface area contributed by atoms with Crippen LogP contribution in [0.2, 0.25) is 0 Å². The third kappa shape index (κ3) is 4.47. The number of carbonyl (C=O) groups is 2. The van der Waals surface area contributed by atoms with E-state index in [1.54, 1.807) is 0 Å². The molecule has 0 aromatic rings. The number of aliphatic carboxylic acids is 1. The van der Waals surface area contributed by atoms with Gasteiger partial charge in [0, 0.05) is 0 Å². The first-order valence-electron chi connectivity index (χ1n) is 4.27. The Kier molecular flexibility index (Phi) is 5.06. The van der Waals surface area contributed by atoms with Gasteiger partial charge in [0.1, 0.15) is 6.04 Å². The highest BCUT2D eigenvalue weighted by molar-refractivity contribution is 5.86. The monoisotopic (exact) mass is 188 g/mol. The van der Waals surface area contributed by atoms with E-state index < -0.39 is 24.0 Å². The van der Waals surface area contributed by atoms with Crippen LogP contribution in [0, 0.1) is 0 Å². The molecule has 0 heterocycles. The molecule has 5 nitrogen and oxygen atoms in total. The highest BCUT2D eigenvalue weighted by Gasteiger charge is 2.18. The number of hydrogen-bond acceptors (Lipinski definition) is 3. The third-order valence-electron chi connectivity index (χ3n) is 1.67. The minimum Gasteiger partial charge on any atom is -0.480 e. The van der Waals surface area contributed by atoms with E-state index in [-0.39, 0.29) is 0 Å². The van der Waals surface area contributed by atoms with Crippen molar-refractivity contribution in [2.24, 2.45) is 5.73 Å². The van der Waals surface area contributed by atoms with Gasteiger partial charge in [-0.1, -0.05) is 13.3 Å². The standard InChI is InChI=1S/C8H16N2O3/c1-3-4-6(9)7(11)10-5(2)8(12)13/h5-6H,3-4,9H2,1-2H3,(H,10,11)(H,12,13)/t5-,6-/m1/s1. The number of carboxylic acids is 1. The quantitative estimate of drug-likeness (QED) is 0.552. The average Bonchev–Trinajstić information content (AvgIpc) is 2.04. The Labute approximate surface area is 77.3 Å². The van der Waals surface area contributed by atoms with Crippen molar-refractivity contribution in [3.05, 3.63) is 0 Å².